The van der Waals surface area contributed by atoms with Crippen LogP contribution in [0.1, 0.15) is 12.5 Å². The van der Waals surface area contributed by atoms with Crippen LogP contribution in [0.3, 0.4) is 0 Å². The van der Waals surface area contributed by atoms with Gasteiger partial charge >= 0.3 is 5.97 Å². The Balaban J connectivity index is 2.55. The highest BCUT2D eigenvalue weighted by Crippen LogP contribution is 2.02. The van der Waals surface area contributed by atoms with Gasteiger partial charge in [-0.05, 0) is 18.6 Å². The molecule has 1 aromatic rings. The lowest BCUT2D eigenvalue weighted by molar-refractivity contribution is -0.137. The van der Waals surface area contributed by atoms with E-state index in [0.717, 1.165) is 5.56 Å². The van der Waals surface area contributed by atoms with E-state index in [2.05, 4.69) is 4.98 Å². The van der Waals surface area contributed by atoms with Gasteiger partial charge in [0.25, 0.3) is 0 Å². The normalized spacial score (nSPS) is 11.1. The average Bonchev–Trinajstić information content (AvgIpc) is 2.19. The molecule has 80 valence electrons. The Morgan fingerprint density at radius 3 is 3.07 bits per heavy atom. The Morgan fingerprint density at radius 2 is 2.47 bits per heavy atom. The van der Waals surface area contributed by atoms with Crippen molar-refractivity contribution in [1.29, 1.82) is 0 Å². The molecule has 1 rings (SSSR count). The first kappa shape index (κ1) is 11.2. The molecule has 15 heavy (non-hydrogen) atoms. The third kappa shape index (κ3) is 4.26. The van der Waals surface area contributed by atoms with Crippen molar-refractivity contribution in [2.45, 2.75) is 13.3 Å². The summed E-state index contributed by atoms with van der Waals surface area (Å²) in [5, 5.41) is 0. The molecule has 1 aromatic heterocycles. The Hall–Kier alpha value is -1.84. The molecule has 0 aliphatic rings. The van der Waals surface area contributed by atoms with Gasteiger partial charge in [0.1, 0.15) is 0 Å². The molecule has 0 spiro atoms. The summed E-state index contributed by atoms with van der Waals surface area (Å²) < 4.78 is 4.74. The van der Waals surface area contributed by atoms with Gasteiger partial charge in [-0.15, -0.1) is 0 Å². The third-order valence-corrected chi connectivity index (χ3v) is 1.72. The summed E-state index contributed by atoms with van der Waals surface area (Å²) in [5.74, 6) is -0.404. The van der Waals surface area contributed by atoms with Crippen molar-refractivity contribution in [2.24, 2.45) is 5.73 Å². The maximum absolute atomic E-state index is 11.0. The number of carbonyl (C=O) groups is 1. The van der Waals surface area contributed by atoms with E-state index in [1.165, 1.54) is 6.08 Å². The van der Waals surface area contributed by atoms with Crippen LogP contribution >= 0.6 is 0 Å². The van der Waals surface area contributed by atoms with E-state index in [1.54, 1.807) is 19.3 Å². The van der Waals surface area contributed by atoms with E-state index in [1.807, 2.05) is 12.1 Å². The SMILES string of the molecule is CCOC(=O)C=C(N)Cc1cccnc1. The summed E-state index contributed by atoms with van der Waals surface area (Å²) in [5.41, 5.74) is 7.11. The second kappa shape index (κ2) is 5.80. The molecule has 0 amide bonds. The van der Waals surface area contributed by atoms with Crippen LogP contribution in [-0.4, -0.2) is 17.6 Å². The number of carbonyl (C=O) groups excluding carboxylic acids is 1. The fourth-order valence-electron chi connectivity index (χ4n) is 1.12. The minimum absolute atomic E-state index is 0.357. The highest BCUT2D eigenvalue weighted by Gasteiger charge is 2.00. The predicted molar refractivity (Wildman–Crippen MR) is 56.8 cm³/mol. The quantitative estimate of drug-likeness (QED) is 0.590. The molecular weight excluding hydrogens is 192 g/mol. The highest BCUT2D eigenvalue weighted by molar-refractivity contribution is 5.82. The van der Waals surface area contributed by atoms with Gasteiger partial charge in [-0.2, -0.15) is 0 Å². The summed E-state index contributed by atoms with van der Waals surface area (Å²) in [4.78, 5) is 15.0. The molecule has 1 heterocycles. The number of pyridine rings is 1. The Morgan fingerprint density at radius 1 is 1.67 bits per heavy atom. The molecule has 0 bridgehead atoms. The minimum atomic E-state index is -0.404. The van der Waals surface area contributed by atoms with Crippen molar-refractivity contribution in [3.8, 4) is 0 Å². The molecular formula is C11H14N2O2. The third-order valence-electron chi connectivity index (χ3n) is 1.72. The molecule has 0 aromatic carbocycles. The monoisotopic (exact) mass is 206 g/mol. The zero-order chi connectivity index (χ0) is 11.1. The number of rotatable bonds is 4. The van der Waals surface area contributed by atoms with Crippen LogP contribution in [0.25, 0.3) is 0 Å². The van der Waals surface area contributed by atoms with Crippen LogP contribution in [0.2, 0.25) is 0 Å². The number of nitrogens with zero attached hydrogens (tertiary/aromatic N) is 1. The summed E-state index contributed by atoms with van der Waals surface area (Å²) in [6.07, 6.45) is 5.21. The fourth-order valence-corrected chi connectivity index (χ4v) is 1.12. The van der Waals surface area contributed by atoms with Crippen LogP contribution < -0.4 is 5.73 Å². The molecule has 4 heteroatoms. The minimum Gasteiger partial charge on any atom is -0.463 e. The summed E-state index contributed by atoms with van der Waals surface area (Å²) >= 11 is 0. The molecule has 0 saturated heterocycles. The maximum atomic E-state index is 11.0. The molecule has 0 aliphatic heterocycles. The Bertz CT molecular complexity index is 347. The first-order chi connectivity index (χ1) is 7.22. The highest BCUT2D eigenvalue weighted by atomic mass is 16.5. The number of hydrogen-bond acceptors (Lipinski definition) is 4. The topological polar surface area (TPSA) is 65.2 Å². The van der Waals surface area contributed by atoms with Crippen molar-refractivity contribution < 1.29 is 9.53 Å². The molecule has 0 saturated carbocycles. The van der Waals surface area contributed by atoms with Crippen LogP contribution in [-0.2, 0) is 16.0 Å². The Labute approximate surface area is 88.8 Å². The molecule has 0 unspecified atom stereocenters. The molecule has 4 nitrogen and oxygen atoms in total. The van der Waals surface area contributed by atoms with E-state index in [0.29, 0.717) is 18.7 Å². The number of esters is 1. The zero-order valence-corrected chi connectivity index (χ0v) is 8.64. The zero-order valence-electron chi connectivity index (χ0n) is 8.64. The number of ether oxygens (including phenoxy) is 1. The number of allylic oxidation sites excluding steroid dienone is 1. The van der Waals surface area contributed by atoms with Crippen LogP contribution in [0.5, 0.6) is 0 Å². The lowest BCUT2D eigenvalue weighted by Gasteiger charge is -2.01. The molecule has 0 fully saturated rings. The molecule has 0 atom stereocenters. The molecule has 0 radical (unpaired) electrons. The molecule has 2 N–H and O–H groups in total. The van der Waals surface area contributed by atoms with Gasteiger partial charge < -0.3 is 10.5 Å². The standard InChI is InChI=1S/C11H14N2O2/c1-2-15-11(14)7-10(12)6-9-4-3-5-13-8-9/h3-5,7-8H,2,6,12H2,1H3. The van der Waals surface area contributed by atoms with E-state index < -0.39 is 5.97 Å². The smallest absolute Gasteiger partial charge is 0.332 e. The predicted octanol–water partition coefficient (Wildman–Crippen LogP) is 1.03. The number of hydrogen-bond donors (Lipinski definition) is 1. The lowest BCUT2D eigenvalue weighted by Crippen LogP contribution is -2.07. The van der Waals surface area contributed by atoms with E-state index in [-0.39, 0.29) is 0 Å². The largest absolute Gasteiger partial charge is 0.463 e. The maximum Gasteiger partial charge on any atom is 0.332 e. The first-order valence-electron chi connectivity index (χ1n) is 4.74. The average molecular weight is 206 g/mol. The number of aromatic nitrogens is 1. The van der Waals surface area contributed by atoms with Crippen LogP contribution in [0.4, 0.5) is 0 Å². The summed E-state index contributed by atoms with van der Waals surface area (Å²) in [6.45, 7) is 2.11. The van der Waals surface area contributed by atoms with Crippen molar-refractivity contribution in [2.75, 3.05) is 6.61 Å². The van der Waals surface area contributed by atoms with Gasteiger partial charge in [0, 0.05) is 30.6 Å². The van der Waals surface area contributed by atoms with Crippen LogP contribution in [0, 0.1) is 0 Å². The second-order valence-electron chi connectivity index (χ2n) is 3.01. The summed E-state index contributed by atoms with van der Waals surface area (Å²) in [7, 11) is 0. The second-order valence-corrected chi connectivity index (χ2v) is 3.01. The van der Waals surface area contributed by atoms with Crippen molar-refractivity contribution in [3.05, 3.63) is 41.9 Å². The van der Waals surface area contributed by atoms with Crippen molar-refractivity contribution in [3.63, 3.8) is 0 Å². The molecule has 0 aliphatic carbocycles. The van der Waals surface area contributed by atoms with Gasteiger partial charge in [-0.1, -0.05) is 6.07 Å². The van der Waals surface area contributed by atoms with Crippen molar-refractivity contribution in [1.82, 2.24) is 4.98 Å². The van der Waals surface area contributed by atoms with E-state index in [9.17, 15) is 4.79 Å². The van der Waals surface area contributed by atoms with Crippen LogP contribution in [0.15, 0.2) is 36.3 Å². The van der Waals surface area contributed by atoms with Gasteiger partial charge in [-0.3, -0.25) is 4.98 Å². The Kier molecular flexibility index (Phi) is 4.34. The van der Waals surface area contributed by atoms with Gasteiger partial charge in [0.15, 0.2) is 0 Å². The first-order valence-corrected chi connectivity index (χ1v) is 4.74. The van der Waals surface area contributed by atoms with E-state index in [4.69, 9.17) is 10.5 Å². The van der Waals surface area contributed by atoms with Gasteiger partial charge in [0.2, 0.25) is 0 Å². The fraction of sp³-hybridized carbons (Fsp3) is 0.273. The summed E-state index contributed by atoms with van der Waals surface area (Å²) in [6, 6.07) is 3.73. The lowest BCUT2D eigenvalue weighted by atomic mass is 10.1. The number of nitrogens with two attached hydrogens (primary N) is 1. The van der Waals surface area contributed by atoms with Crippen molar-refractivity contribution >= 4 is 5.97 Å². The van der Waals surface area contributed by atoms with Gasteiger partial charge in [-0.25, -0.2) is 4.79 Å². The van der Waals surface area contributed by atoms with Gasteiger partial charge in [0.05, 0.1) is 6.61 Å². The van der Waals surface area contributed by atoms with E-state index >= 15 is 0 Å².